The average Bonchev–Trinajstić information content (AvgIpc) is 2.95. The number of aromatic nitrogens is 1. The number of fused-ring (bicyclic) bond motifs is 1. The van der Waals surface area contributed by atoms with Gasteiger partial charge in [-0.15, -0.1) is 11.3 Å². The maximum atomic E-state index is 11.0. The summed E-state index contributed by atoms with van der Waals surface area (Å²) >= 11 is 1.43. The third kappa shape index (κ3) is 2.87. The number of nitrogens with zero attached hydrogens (tertiary/aromatic N) is 2. The zero-order valence-electron chi connectivity index (χ0n) is 11.4. The van der Waals surface area contributed by atoms with E-state index in [0.717, 1.165) is 20.8 Å². The quantitative estimate of drug-likeness (QED) is 0.792. The molecule has 0 bridgehead atoms. The first kappa shape index (κ1) is 14.0. The molecule has 0 amide bonds. The Hall–Kier alpha value is -2.97. The van der Waals surface area contributed by atoms with Crippen LogP contribution in [0.4, 0.5) is 0 Å². The van der Waals surface area contributed by atoms with E-state index in [1.54, 1.807) is 30.3 Å². The zero-order chi connectivity index (χ0) is 15.5. The van der Waals surface area contributed by atoms with Crippen LogP contribution in [-0.2, 0) is 0 Å². The highest BCUT2D eigenvalue weighted by atomic mass is 32.1. The molecule has 4 nitrogen and oxygen atoms in total. The lowest BCUT2D eigenvalue weighted by Crippen LogP contribution is -1.94. The standard InChI is InChI=1S/C17H10N2O2S/c18-10-12-3-1-2-11(8-12)4-7-16-19-14-6-5-13(17(20)21)9-15(14)22-16/h1-9H,(H,20,21). The number of thiazole rings is 1. The summed E-state index contributed by atoms with van der Waals surface area (Å²) in [5, 5.41) is 18.7. The van der Waals surface area contributed by atoms with Gasteiger partial charge in [-0.1, -0.05) is 18.2 Å². The van der Waals surface area contributed by atoms with Crippen LogP contribution in [0.15, 0.2) is 42.5 Å². The number of carboxylic acids is 1. The first-order chi connectivity index (χ1) is 10.7. The van der Waals surface area contributed by atoms with Crippen LogP contribution in [0, 0.1) is 11.3 Å². The Morgan fingerprint density at radius 2 is 2.09 bits per heavy atom. The number of hydrogen-bond donors (Lipinski definition) is 1. The third-order valence-corrected chi connectivity index (χ3v) is 4.07. The van der Waals surface area contributed by atoms with Crippen molar-refractivity contribution in [3.8, 4) is 6.07 Å². The van der Waals surface area contributed by atoms with Gasteiger partial charge >= 0.3 is 5.97 Å². The molecule has 2 aromatic carbocycles. The molecule has 1 aromatic heterocycles. The number of rotatable bonds is 3. The molecule has 0 atom stereocenters. The Morgan fingerprint density at radius 3 is 2.86 bits per heavy atom. The van der Waals surface area contributed by atoms with Gasteiger partial charge in [0.1, 0.15) is 5.01 Å². The summed E-state index contributed by atoms with van der Waals surface area (Å²) in [4.78, 5) is 15.4. The van der Waals surface area contributed by atoms with Gasteiger partial charge in [0, 0.05) is 0 Å². The second-order valence-electron chi connectivity index (χ2n) is 4.61. The van der Waals surface area contributed by atoms with Gasteiger partial charge in [-0.2, -0.15) is 5.26 Å². The molecule has 3 rings (SSSR count). The molecule has 106 valence electrons. The van der Waals surface area contributed by atoms with Crippen LogP contribution < -0.4 is 0 Å². The fourth-order valence-electron chi connectivity index (χ4n) is 2.03. The van der Waals surface area contributed by atoms with Crippen molar-refractivity contribution in [2.45, 2.75) is 0 Å². The minimum atomic E-state index is -0.944. The molecule has 0 unspecified atom stereocenters. The molecule has 5 heteroatoms. The van der Waals surface area contributed by atoms with Crippen LogP contribution in [0.2, 0.25) is 0 Å². The molecule has 3 aromatic rings. The van der Waals surface area contributed by atoms with Crippen molar-refractivity contribution in [1.82, 2.24) is 4.98 Å². The molecule has 0 aliphatic heterocycles. The van der Waals surface area contributed by atoms with E-state index >= 15 is 0 Å². The van der Waals surface area contributed by atoms with E-state index in [1.165, 1.54) is 11.3 Å². The Labute approximate surface area is 130 Å². The monoisotopic (exact) mass is 306 g/mol. The van der Waals surface area contributed by atoms with Gasteiger partial charge in [-0.25, -0.2) is 9.78 Å². The lowest BCUT2D eigenvalue weighted by atomic mass is 10.1. The van der Waals surface area contributed by atoms with Crippen LogP contribution >= 0.6 is 11.3 Å². The molecule has 0 fully saturated rings. The molecule has 1 heterocycles. The predicted molar refractivity (Wildman–Crippen MR) is 86.7 cm³/mol. The summed E-state index contributed by atoms with van der Waals surface area (Å²) in [6, 6.07) is 14.3. The van der Waals surface area contributed by atoms with E-state index in [-0.39, 0.29) is 5.56 Å². The van der Waals surface area contributed by atoms with Gasteiger partial charge < -0.3 is 5.11 Å². The predicted octanol–water partition coefficient (Wildman–Crippen LogP) is 4.04. The number of hydrogen-bond acceptors (Lipinski definition) is 4. The summed E-state index contributed by atoms with van der Waals surface area (Å²) in [5.74, 6) is -0.944. The van der Waals surface area contributed by atoms with Crippen molar-refractivity contribution in [2.24, 2.45) is 0 Å². The minimum absolute atomic E-state index is 0.258. The van der Waals surface area contributed by atoms with E-state index in [0.29, 0.717) is 5.56 Å². The van der Waals surface area contributed by atoms with Gasteiger partial charge in [-0.3, -0.25) is 0 Å². The molecule has 0 aliphatic rings. The van der Waals surface area contributed by atoms with Crippen molar-refractivity contribution in [3.63, 3.8) is 0 Å². The summed E-state index contributed by atoms with van der Waals surface area (Å²) < 4.78 is 0.838. The lowest BCUT2D eigenvalue weighted by Gasteiger charge is -1.92. The molecule has 0 aliphatic carbocycles. The maximum Gasteiger partial charge on any atom is 0.335 e. The molecular formula is C17H10N2O2S. The Morgan fingerprint density at radius 1 is 1.23 bits per heavy atom. The molecule has 0 saturated carbocycles. The van der Waals surface area contributed by atoms with Gasteiger partial charge in [-0.05, 0) is 42.0 Å². The van der Waals surface area contributed by atoms with Gasteiger partial charge in [0.05, 0.1) is 27.4 Å². The highest BCUT2D eigenvalue weighted by Crippen LogP contribution is 2.25. The maximum absolute atomic E-state index is 11.0. The second kappa shape index (κ2) is 5.80. The van der Waals surface area contributed by atoms with Gasteiger partial charge in [0.15, 0.2) is 0 Å². The smallest absolute Gasteiger partial charge is 0.335 e. The van der Waals surface area contributed by atoms with E-state index in [1.807, 2.05) is 24.3 Å². The highest BCUT2D eigenvalue weighted by Gasteiger charge is 2.06. The Balaban J connectivity index is 1.92. The number of carbonyl (C=O) groups is 1. The minimum Gasteiger partial charge on any atom is -0.478 e. The molecule has 22 heavy (non-hydrogen) atoms. The Bertz CT molecular complexity index is 935. The number of benzene rings is 2. The van der Waals surface area contributed by atoms with E-state index < -0.39 is 5.97 Å². The summed E-state index contributed by atoms with van der Waals surface area (Å²) in [7, 11) is 0. The molecule has 0 radical (unpaired) electrons. The fourth-order valence-corrected chi connectivity index (χ4v) is 2.94. The first-order valence-electron chi connectivity index (χ1n) is 6.48. The van der Waals surface area contributed by atoms with Crippen molar-refractivity contribution < 1.29 is 9.90 Å². The van der Waals surface area contributed by atoms with Crippen molar-refractivity contribution in [2.75, 3.05) is 0 Å². The number of carboxylic acid groups (broad SMARTS) is 1. The summed E-state index contributed by atoms with van der Waals surface area (Å²) in [6.07, 6.45) is 3.75. The zero-order valence-corrected chi connectivity index (χ0v) is 12.2. The van der Waals surface area contributed by atoms with Gasteiger partial charge in [0.25, 0.3) is 0 Å². The lowest BCUT2D eigenvalue weighted by molar-refractivity contribution is 0.0697. The summed E-state index contributed by atoms with van der Waals surface area (Å²) in [6.45, 7) is 0. The SMILES string of the molecule is N#Cc1cccc(C=Cc2nc3ccc(C(=O)O)cc3s2)c1. The number of nitriles is 1. The largest absolute Gasteiger partial charge is 0.478 e. The number of aromatic carboxylic acids is 1. The van der Waals surface area contributed by atoms with Crippen LogP contribution in [0.5, 0.6) is 0 Å². The van der Waals surface area contributed by atoms with Crippen LogP contribution in [0.25, 0.3) is 22.4 Å². The topological polar surface area (TPSA) is 74.0 Å². The van der Waals surface area contributed by atoms with E-state index in [4.69, 9.17) is 10.4 Å². The highest BCUT2D eigenvalue weighted by molar-refractivity contribution is 7.19. The molecule has 0 saturated heterocycles. The molecule has 0 spiro atoms. The van der Waals surface area contributed by atoms with Crippen LogP contribution in [0.3, 0.4) is 0 Å². The normalized spacial score (nSPS) is 10.9. The Kier molecular flexibility index (Phi) is 3.69. The van der Waals surface area contributed by atoms with Crippen LogP contribution in [0.1, 0.15) is 26.5 Å². The average molecular weight is 306 g/mol. The second-order valence-corrected chi connectivity index (χ2v) is 5.67. The van der Waals surface area contributed by atoms with Crippen molar-refractivity contribution >= 4 is 39.7 Å². The molecular weight excluding hydrogens is 296 g/mol. The summed E-state index contributed by atoms with van der Waals surface area (Å²) in [5.41, 5.74) is 2.57. The van der Waals surface area contributed by atoms with Crippen molar-refractivity contribution in [3.05, 3.63) is 64.2 Å². The van der Waals surface area contributed by atoms with E-state index in [2.05, 4.69) is 11.1 Å². The van der Waals surface area contributed by atoms with Crippen LogP contribution in [-0.4, -0.2) is 16.1 Å². The third-order valence-electron chi connectivity index (χ3n) is 3.09. The van der Waals surface area contributed by atoms with Crippen molar-refractivity contribution in [1.29, 1.82) is 5.26 Å². The van der Waals surface area contributed by atoms with Gasteiger partial charge in [0.2, 0.25) is 0 Å². The first-order valence-corrected chi connectivity index (χ1v) is 7.29. The fraction of sp³-hybridized carbons (Fsp3) is 0. The molecule has 1 N–H and O–H groups in total. The van der Waals surface area contributed by atoms with E-state index in [9.17, 15) is 4.79 Å².